The number of likely N-dealkylation sites (N-methyl/N-ethyl adjacent to an activating group) is 1. The van der Waals surface area contributed by atoms with Crippen LogP contribution in [0.5, 0.6) is 0 Å². The predicted octanol–water partition coefficient (Wildman–Crippen LogP) is -0.430. The third kappa shape index (κ3) is 3.79. The Morgan fingerprint density at radius 1 is 1.25 bits per heavy atom. The Balaban J connectivity index is 2.74. The van der Waals surface area contributed by atoms with Crippen LogP contribution in [0.4, 0.5) is 0 Å². The number of hydrogen-bond acceptors (Lipinski definition) is 4. The SMILES string of the molecule is CNC(CCCC(N)(C(N)=O)c1ccccc1)C(N)=O. The third-order valence-electron chi connectivity index (χ3n) is 3.48. The smallest absolute Gasteiger partial charge is 0.242 e. The summed E-state index contributed by atoms with van der Waals surface area (Å²) >= 11 is 0. The Bertz CT molecular complexity index is 464. The average Bonchev–Trinajstić information content (AvgIpc) is 2.43. The standard InChI is InChI=1S/C14H22N4O2/c1-18-11(12(15)19)8-5-9-14(17,13(16)20)10-6-3-2-4-7-10/h2-4,6-7,11,18H,5,8-9,17H2,1H3,(H2,15,19)(H2,16,20). The first-order valence-electron chi connectivity index (χ1n) is 6.52. The zero-order valence-corrected chi connectivity index (χ0v) is 11.6. The highest BCUT2D eigenvalue weighted by atomic mass is 16.2. The maximum Gasteiger partial charge on any atom is 0.242 e. The molecule has 7 N–H and O–H groups in total. The number of benzene rings is 1. The second kappa shape index (κ2) is 7.02. The lowest BCUT2D eigenvalue weighted by Gasteiger charge is -2.27. The largest absolute Gasteiger partial charge is 0.368 e. The van der Waals surface area contributed by atoms with Gasteiger partial charge in [0.1, 0.15) is 5.54 Å². The van der Waals surface area contributed by atoms with Crippen molar-refractivity contribution in [2.75, 3.05) is 7.05 Å². The zero-order chi connectivity index (χ0) is 15.2. The first-order chi connectivity index (χ1) is 9.41. The first kappa shape index (κ1) is 16.1. The van der Waals surface area contributed by atoms with E-state index < -0.39 is 23.4 Å². The third-order valence-corrected chi connectivity index (χ3v) is 3.48. The molecular formula is C14H22N4O2. The zero-order valence-electron chi connectivity index (χ0n) is 11.6. The van der Waals surface area contributed by atoms with Gasteiger partial charge in [0.15, 0.2) is 0 Å². The lowest BCUT2D eigenvalue weighted by molar-refractivity contribution is -0.123. The van der Waals surface area contributed by atoms with Crippen LogP contribution in [-0.2, 0) is 15.1 Å². The molecule has 6 heteroatoms. The molecule has 0 saturated heterocycles. The van der Waals surface area contributed by atoms with Crippen molar-refractivity contribution in [2.24, 2.45) is 17.2 Å². The molecule has 0 aliphatic heterocycles. The van der Waals surface area contributed by atoms with E-state index >= 15 is 0 Å². The van der Waals surface area contributed by atoms with Crippen LogP contribution in [0.1, 0.15) is 24.8 Å². The number of nitrogens with two attached hydrogens (primary N) is 3. The van der Waals surface area contributed by atoms with Gasteiger partial charge in [-0.25, -0.2) is 0 Å². The number of primary amides is 2. The van der Waals surface area contributed by atoms with Gasteiger partial charge in [0.05, 0.1) is 6.04 Å². The topological polar surface area (TPSA) is 124 Å². The molecule has 2 atom stereocenters. The quantitative estimate of drug-likeness (QED) is 0.515. The van der Waals surface area contributed by atoms with Crippen molar-refractivity contribution in [3.8, 4) is 0 Å². The highest BCUT2D eigenvalue weighted by Gasteiger charge is 2.33. The number of carbonyl (C=O) groups is 2. The Labute approximate surface area is 118 Å². The molecule has 0 aliphatic rings. The molecule has 2 amide bonds. The number of rotatable bonds is 8. The van der Waals surface area contributed by atoms with Gasteiger partial charge in [-0.1, -0.05) is 30.3 Å². The number of hydrogen-bond donors (Lipinski definition) is 4. The van der Waals surface area contributed by atoms with Crippen LogP contribution < -0.4 is 22.5 Å². The second-order valence-corrected chi connectivity index (χ2v) is 4.84. The van der Waals surface area contributed by atoms with Crippen molar-refractivity contribution in [1.29, 1.82) is 0 Å². The molecule has 110 valence electrons. The molecule has 0 bridgehead atoms. The van der Waals surface area contributed by atoms with Crippen LogP contribution in [-0.4, -0.2) is 24.9 Å². The maximum atomic E-state index is 11.7. The summed E-state index contributed by atoms with van der Waals surface area (Å²) in [6, 6.07) is 8.57. The molecule has 0 saturated carbocycles. The molecule has 0 heterocycles. The van der Waals surface area contributed by atoms with E-state index in [1.807, 2.05) is 6.07 Å². The van der Waals surface area contributed by atoms with Crippen molar-refractivity contribution >= 4 is 11.8 Å². The summed E-state index contributed by atoms with van der Waals surface area (Å²) in [5.41, 5.74) is 16.3. The molecule has 20 heavy (non-hydrogen) atoms. The fourth-order valence-electron chi connectivity index (χ4n) is 2.16. The predicted molar refractivity (Wildman–Crippen MR) is 77.4 cm³/mol. The van der Waals surface area contributed by atoms with E-state index in [-0.39, 0.29) is 0 Å². The number of amides is 2. The normalized spacial score (nSPS) is 15.3. The average molecular weight is 278 g/mol. The summed E-state index contributed by atoms with van der Waals surface area (Å²) in [7, 11) is 1.66. The second-order valence-electron chi connectivity index (χ2n) is 4.84. The summed E-state index contributed by atoms with van der Waals surface area (Å²) in [6.45, 7) is 0. The van der Waals surface area contributed by atoms with Gasteiger partial charge >= 0.3 is 0 Å². The Hall–Kier alpha value is -1.92. The molecule has 2 unspecified atom stereocenters. The van der Waals surface area contributed by atoms with Gasteiger partial charge in [0, 0.05) is 0 Å². The van der Waals surface area contributed by atoms with Crippen LogP contribution in [0.2, 0.25) is 0 Å². The van der Waals surface area contributed by atoms with E-state index in [0.717, 1.165) is 0 Å². The molecule has 0 spiro atoms. The van der Waals surface area contributed by atoms with Gasteiger partial charge in [-0.3, -0.25) is 9.59 Å². The highest BCUT2D eigenvalue weighted by Crippen LogP contribution is 2.24. The minimum Gasteiger partial charge on any atom is -0.368 e. The van der Waals surface area contributed by atoms with Gasteiger partial charge in [-0.05, 0) is 31.9 Å². The first-order valence-corrected chi connectivity index (χ1v) is 6.52. The van der Waals surface area contributed by atoms with E-state index in [0.29, 0.717) is 24.8 Å². The molecule has 0 fully saturated rings. The summed E-state index contributed by atoms with van der Waals surface area (Å²) in [4.78, 5) is 22.8. The fraction of sp³-hybridized carbons (Fsp3) is 0.429. The van der Waals surface area contributed by atoms with Crippen molar-refractivity contribution in [1.82, 2.24) is 5.32 Å². The molecule has 1 aromatic rings. The molecule has 1 rings (SSSR count). The van der Waals surface area contributed by atoms with Crippen molar-refractivity contribution in [2.45, 2.75) is 30.8 Å². The monoisotopic (exact) mass is 278 g/mol. The van der Waals surface area contributed by atoms with Crippen molar-refractivity contribution in [3.63, 3.8) is 0 Å². The van der Waals surface area contributed by atoms with E-state index in [1.54, 1.807) is 31.3 Å². The van der Waals surface area contributed by atoms with E-state index in [4.69, 9.17) is 17.2 Å². The lowest BCUT2D eigenvalue weighted by atomic mass is 9.84. The van der Waals surface area contributed by atoms with Crippen LogP contribution in [0.15, 0.2) is 30.3 Å². The highest BCUT2D eigenvalue weighted by molar-refractivity contribution is 5.85. The van der Waals surface area contributed by atoms with E-state index in [9.17, 15) is 9.59 Å². The molecule has 6 nitrogen and oxygen atoms in total. The van der Waals surface area contributed by atoms with Crippen LogP contribution in [0.3, 0.4) is 0 Å². The summed E-state index contributed by atoms with van der Waals surface area (Å²) in [6.07, 6.45) is 1.42. The number of nitrogens with one attached hydrogen (secondary N) is 1. The molecular weight excluding hydrogens is 256 g/mol. The van der Waals surface area contributed by atoms with Crippen LogP contribution in [0.25, 0.3) is 0 Å². The summed E-state index contributed by atoms with van der Waals surface area (Å²) in [5.74, 6) is -1.00. The Kier molecular flexibility index (Phi) is 5.66. The Morgan fingerprint density at radius 3 is 2.30 bits per heavy atom. The maximum absolute atomic E-state index is 11.7. The van der Waals surface area contributed by atoms with E-state index in [1.165, 1.54) is 0 Å². The minimum absolute atomic E-state index is 0.359. The molecule has 0 aliphatic carbocycles. The van der Waals surface area contributed by atoms with Gasteiger partial charge in [-0.15, -0.1) is 0 Å². The summed E-state index contributed by atoms with van der Waals surface area (Å²) in [5, 5.41) is 2.83. The van der Waals surface area contributed by atoms with E-state index in [2.05, 4.69) is 5.32 Å². The minimum atomic E-state index is -1.23. The molecule has 0 aromatic heterocycles. The van der Waals surface area contributed by atoms with Gasteiger partial charge < -0.3 is 22.5 Å². The molecule has 0 radical (unpaired) electrons. The summed E-state index contributed by atoms with van der Waals surface area (Å²) < 4.78 is 0. The van der Waals surface area contributed by atoms with Crippen molar-refractivity contribution < 1.29 is 9.59 Å². The lowest BCUT2D eigenvalue weighted by Crippen LogP contribution is -2.49. The van der Waals surface area contributed by atoms with Crippen LogP contribution >= 0.6 is 0 Å². The molecule has 1 aromatic carbocycles. The van der Waals surface area contributed by atoms with Gasteiger partial charge in [0.25, 0.3) is 0 Å². The number of carbonyl (C=O) groups excluding carboxylic acids is 2. The van der Waals surface area contributed by atoms with Gasteiger partial charge in [-0.2, -0.15) is 0 Å². The van der Waals surface area contributed by atoms with Gasteiger partial charge in [0.2, 0.25) is 11.8 Å². The Morgan fingerprint density at radius 2 is 1.85 bits per heavy atom. The van der Waals surface area contributed by atoms with Crippen molar-refractivity contribution in [3.05, 3.63) is 35.9 Å². The fourth-order valence-corrected chi connectivity index (χ4v) is 2.16. The van der Waals surface area contributed by atoms with Crippen LogP contribution in [0, 0.1) is 0 Å².